The molecule has 5 nitrogen and oxygen atoms in total. The Balaban J connectivity index is 2.37. The van der Waals surface area contributed by atoms with Crippen LogP contribution in [0, 0.1) is 0 Å². The van der Waals surface area contributed by atoms with E-state index in [1.165, 1.54) is 0 Å². The van der Waals surface area contributed by atoms with Crippen molar-refractivity contribution in [3.8, 4) is 0 Å². The fraction of sp³-hybridized carbons (Fsp3) is 0.545. The zero-order valence-corrected chi connectivity index (χ0v) is 9.60. The van der Waals surface area contributed by atoms with Crippen molar-refractivity contribution >= 4 is 17.7 Å². The molecule has 1 saturated heterocycles. The van der Waals surface area contributed by atoms with Gasteiger partial charge in [-0.1, -0.05) is 13.8 Å². The molecule has 0 aromatic carbocycles. The van der Waals surface area contributed by atoms with E-state index in [1.54, 1.807) is 4.90 Å². The first-order valence-electron chi connectivity index (χ1n) is 5.52. The smallest absolute Gasteiger partial charge is 0.228 e. The van der Waals surface area contributed by atoms with Crippen molar-refractivity contribution in [3.05, 3.63) is 11.8 Å². The van der Waals surface area contributed by atoms with Crippen molar-refractivity contribution < 1.29 is 4.79 Å². The third-order valence-electron chi connectivity index (χ3n) is 2.69. The molecule has 0 spiro atoms. The number of rotatable bonds is 2. The Morgan fingerprint density at radius 2 is 2.19 bits per heavy atom. The summed E-state index contributed by atoms with van der Waals surface area (Å²) in [5.41, 5.74) is 6.53. The fourth-order valence-electron chi connectivity index (χ4n) is 1.80. The average Bonchev–Trinajstić information content (AvgIpc) is 2.63. The van der Waals surface area contributed by atoms with Gasteiger partial charge in [-0.3, -0.25) is 9.69 Å². The van der Waals surface area contributed by atoms with Crippen LogP contribution in [0.4, 0.5) is 11.8 Å². The lowest BCUT2D eigenvalue weighted by Gasteiger charge is -2.16. The van der Waals surface area contributed by atoms with Gasteiger partial charge < -0.3 is 5.73 Å². The number of anilines is 2. The highest BCUT2D eigenvalue weighted by molar-refractivity contribution is 5.94. The number of hydrogen-bond acceptors (Lipinski definition) is 4. The maximum absolute atomic E-state index is 11.6. The number of carbonyl (C=O) groups is 1. The highest BCUT2D eigenvalue weighted by Crippen LogP contribution is 2.23. The first-order valence-corrected chi connectivity index (χ1v) is 5.52. The summed E-state index contributed by atoms with van der Waals surface area (Å²) in [7, 11) is 0. The Hall–Kier alpha value is -1.65. The van der Waals surface area contributed by atoms with Crippen LogP contribution in [0.1, 0.15) is 38.3 Å². The Morgan fingerprint density at radius 1 is 1.44 bits per heavy atom. The van der Waals surface area contributed by atoms with Crippen molar-refractivity contribution in [1.29, 1.82) is 0 Å². The lowest BCUT2D eigenvalue weighted by atomic mass is 10.1. The molecule has 2 heterocycles. The molecule has 1 fully saturated rings. The summed E-state index contributed by atoms with van der Waals surface area (Å²) in [6.45, 7) is 4.81. The van der Waals surface area contributed by atoms with Crippen LogP contribution in [0.2, 0.25) is 0 Å². The maximum Gasteiger partial charge on any atom is 0.228 e. The van der Waals surface area contributed by atoms with E-state index in [9.17, 15) is 4.79 Å². The highest BCUT2D eigenvalue weighted by atomic mass is 16.2. The summed E-state index contributed by atoms with van der Waals surface area (Å²) < 4.78 is 0. The van der Waals surface area contributed by atoms with E-state index in [0.717, 1.165) is 18.7 Å². The van der Waals surface area contributed by atoms with E-state index in [1.807, 2.05) is 19.9 Å². The van der Waals surface area contributed by atoms with E-state index in [2.05, 4.69) is 9.97 Å². The first-order chi connectivity index (χ1) is 7.58. The number of nitrogen functional groups attached to an aromatic ring is 1. The minimum absolute atomic E-state index is 0.118. The minimum Gasteiger partial charge on any atom is -0.368 e. The summed E-state index contributed by atoms with van der Waals surface area (Å²) in [6, 6.07) is 1.85. The van der Waals surface area contributed by atoms with Crippen LogP contribution >= 0.6 is 0 Å². The SMILES string of the molecule is CC(C)c1cc(N2CCCC2=O)nc(N)n1. The normalized spacial score (nSPS) is 16.2. The van der Waals surface area contributed by atoms with Gasteiger partial charge in [-0.05, 0) is 12.3 Å². The summed E-state index contributed by atoms with van der Waals surface area (Å²) in [5.74, 6) is 1.27. The average molecular weight is 220 g/mol. The summed E-state index contributed by atoms with van der Waals surface area (Å²) in [5, 5.41) is 0. The molecule has 0 atom stereocenters. The van der Waals surface area contributed by atoms with Gasteiger partial charge in [0.2, 0.25) is 11.9 Å². The van der Waals surface area contributed by atoms with Gasteiger partial charge in [-0.15, -0.1) is 0 Å². The molecule has 1 aromatic heterocycles. The van der Waals surface area contributed by atoms with Crippen LogP contribution in [-0.4, -0.2) is 22.4 Å². The molecule has 0 radical (unpaired) electrons. The maximum atomic E-state index is 11.6. The third-order valence-corrected chi connectivity index (χ3v) is 2.69. The van der Waals surface area contributed by atoms with Crippen LogP contribution in [0.25, 0.3) is 0 Å². The summed E-state index contributed by atoms with van der Waals surface area (Å²) in [6.07, 6.45) is 1.49. The van der Waals surface area contributed by atoms with Crippen molar-refractivity contribution in [2.45, 2.75) is 32.6 Å². The van der Waals surface area contributed by atoms with E-state index < -0.39 is 0 Å². The Kier molecular flexibility index (Phi) is 2.77. The van der Waals surface area contributed by atoms with E-state index in [4.69, 9.17) is 5.73 Å². The van der Waals surface area contributed by atoms with Gasteiger partial charge in [-0.25, -0.2) is 4.98 Å². The first kappa shape index (κ1) is 10.9. The molecular weight excluding hydrogens is 204 g/mol. The molecule has 2 N–H and O–H groups in total. The number of nitrogens with zero attached hydrogens (tertiary/aromatic N) is 3. The van der Waals surface area contributed by atoms with E-state index >= 15 is 0 Å². The fourth-order valence-corrected chi connectivity index (χ4v) is 1.80. The van der Waals surface area contributed by atoms with Crippen molar-refractivity contribution in [2.75, 3.05) is 17.2 Å². The highest BCUT2D eigenvalue weighted by Gasteiger charge is 2.23. The largest absolute Gasteiger partial charge is 0.368 e. The molecular formula is C11H16N4O. The molecule has 16 heavy (non-hydrogen) atoms. The molecule has 0 aliphatic carbocycles. The van der Waals surface area contributed by atoms with E-state index in [0.29, 0.717) is 12.2 Å². The molecule has 1 aliphatic rings. The Labute approximate surface area is 94.7 Å². The van der Waals surface area contributed by atoms with Gasteiger partial charge in [0.05, 0.1) is 5.69 Å². The second kappa shape index (κ2) is 4.08. The summed E-state index contributed by atoms with van der Waals surface area (Å²) >= 11 is 0. The lowest BCUT2D eigenvalue weighted by Crippen LogP contribution is -2.25. The van der Waals surface area contributed by atoms with E-state index in [-0.39, 0.29) is 17.8 Å². The predicted octanol–water partition coefficient (Wildman–Crippen LogP) is 1.31. The number of carbonyl (C=O) groups excluding carboxylic acids is 1. The zero-order valence-electron chi connectivity index (χ0n) is 9.60. The monoisotopic (exact) mass is 220 g/mol. The van der Waals surface area contributed by atoms with Crippen LogP contribution in [0.5, 0.6) is 0 Å². The number of hydrogen-bond donors (Lipinski definition) is 1. The molecule has 2 rings (SSSR count). The zero-order chi connectivity index (χ0) is 11.7. The lowest BCUT2D eigenvalue weighted by molar-refractivity contribution is -0.117. The predicted molar refractivity (Wildman–Crippen MR) is 62.1 cm³/mol. The molecule has 1 amide bonds. The van der Waals surface area contributed by atoms with Crippen LogP contribution in [-0.2, 0) is 4.79 Å². The Bertz CT molecular complexity index is 416. The molecule has 0 unspecified atom stereocenters. The number of amides is 1. The molecule has 86 valence electrons. The molecule has 0 bridgehead atoms. The molecule has 5 heteroatoms. The second-order valence-electron chi connectivity index (χ2n) is 4.31. The second-order valence-corrected chi connectivity index (χ2v) is 4.31. The van der Waals surface area contributed by atoms with Gasteiger partial charge in [0.25, 0.3) is 0 Å². The standard InChI is InChI=1S/C11H16N4O/c1-7(2)8-6-9(14-11(12)13-8)15-5-3-4-10(15)16/h6-7H,3-5H2,1-2H3,(H2,12,13,14). The van der Waals surface area contributed by atoms with Gasteiger partial charge in [-0.2, -0.15) is 4.98 Å². The third kappa shape index (κ3) is 1.98. The quantitative estimate of drug-likeness (QED) is 0.815. The van der Waals surface area contributed by atoms with Crippen molar-refractivity contribution in [2.24, 2.45) is 0 Å². The van der Waals surface area contributed by atoms with Gasteiger partial charge >= 0.3 is 0 Å². The Morgan fingerprint density at radius 3 is 2.75 bits per heavy atom. The minimum atomic E-state index is 0.118. The van der Waals surface area contributed by atoms with Gasteiger partial charge in [0.1, 0.15) is 5.82 Å². The van der Waals surface area contributed by atoms with Crippen LogP contribution in [0.3, 0.4) is 0 Å². The number of aromatic nitrogens is 2. The van der Waals surface area contributed by atoms with Crippen LogP contribution in [0.15, 0.2) is 6.07 Å². The van der Waals surface area contributed by atoms with Gasteiger partial charge in [0, 0.05) is 19.0 Å². The van der Waals surface area contributed by atoms with Crippen molar-refractivity contribution in [3.63, 3.8) is 0 Å². The molecule has 1 aromatic rings. The molecule has 0 saturated carbocycles. The van der Waals surface area contributed by atoms with Crippen LogP contribution < -0.4 is 10.6 Å². The topological polar surface area (TPSA) is 72.1 Å². The van der Waals surface area contributed by atoms with Crippen molar-refractivity contribution in [1.82, 2.24) is 9.97 Å². The summed E-state index contributed by atoms with van der Waals surface area (Å²) in [4.78, 5) is 21.6. The number of nitrogens with two attached hydrogens (primary N) is 1. The van der Waals surface area contributed by atoms with Gasteiger partial charge in [0.15, 0.2) is 0 Å². The molecule has 1 aliphatic heterocycles.